The van der Waals surface area contributed by atoms with Gasteiger partial charge in [-0.05, 0) is 41.5 Å². The SMILES string of the molecule is NCc1cc(CNNc2cc(N)cc(C(=O)O)c2)cc(C(=O)O)c1. The van der Waals surface area contributed by atoms with Crippen molar-refractivity contribution in [2.75, 3.05) is 11.2 Å². The molecule has 0 aliphatic carbocycles. The van der Waals surface area contributed by atoms with Crippen molar-refractivity contribution in [1.82, 2.24) is 5.43 Å². The molecule has 24 heavy (non-hydrogen) atoms. The zero-order valence-electron chi connectivity index (χ0n) is 12.7. The summed E-state index contributed by atoms with van der Waals surface area (Å²) in [6, 6.07) is 9.23. The minimum Gasteiger partial charge on any atom is -0.478 e. The summed E-state index contributed by atoms with van der Waals surface area (Å²) in [6.07, 6.45) is 0. The van der Waals surface area contributed by atoms with Crippen molar-refractivity contribution in [3.63, 3.8) is 0 Å². The molecule has 0 aliphatic rings. The number of carboxylic acids is 2. The number of benzene rings is 2. The summed E-state index contributed by atoms with van der Waals surface area (Å²) in [6.45, 7) is 0.546. The second kappa shape index (κ2) is 7.44. The number of nitrogens with two attached hydrogens (primary N) is 2. The number of nitrogens with one attached hydrogen (secondary N) is 2. The van der Waals surface area contributed by atoms with Crippen LogP contribution >= 0.6 is 0 Å². The summed E-state index contributed by atoms with van der Waals surface area (Å²) < 4.78 is 0. The highest BCUT2D eigenvalue weighted by Crippen LogP contribution is 2.16. The summed E-state index contributed by atoms with van der Waals surface area (Å²) in [4.78, 5) is 22.1. The summed E-state index contributed by atoms with van der Waals surface area (Å²) >= 11 is 0. The molecule has 2 aromatic rings. The second-order valence-electron chi connectivity index (χ2n) is 5.17. The van der Waals surface area contributed by atoms with Gasteiger partial charge in [0.1, 0.15) is 0 Å². The average Bonchev–Trinajstić information content (AvgIpc) is 2.54. The number of carbonyl (C=O) groups is 2. The Morgan fingerprint density at radius 2 is 1.54 bits per heavy atom. The fourth-order valence-electron chi connectivity index (χ4n) is 2.20. The van der Waals surface area contributed by atoms with Crippen LogP contribution in [0.1, 0.15) is 31.8 Å². The highest BCUT2D eigenvalue weighted by atomic mass is 16.4. The van der Waals surface area contributed by atoms with Gasteiger partial charge in [-0.1, -0.05) is 6.07 Å². The molecule has 2 rings (SSSR count). The Kier molecular flexibility index (Phi) is 5.35. The van der Waals surface area contributed by atoms with Crippen molar-refractivity contribution in [2.24, 2.45) is 5.73 Å². The van der Waals surface area contributed by atoms with Crippen molar-refractivity contribution in [2.45, 2.75) is 13.1 Å². The molecule has 0 spiro atoms. The van der Waals surface area contributed by atoms with E-state index >= 15 is 0 Å². The summed E-state index contributed by atoms with van der Waals surface area (Å²) in [5.41, 5.74) is 19.4. The third kappa shape index (κ3) is 4.45. The topological polar surface area (TPSA) is 151 Å². The van der Waals surface area contributed by atoms with Gasteiger partial charge in [-0.2, -0.15) is 0 Å². The molecule has 0 radical (unpaired) electrons. The molecule has 0 heterocycles. The molecule has 0 aromatic heterocycles. The number of hydrogen-bond donors (Lipinski definition) is 6. The van der Waals surface area contributed by atoms with Gasteiger partial charge < -0.3 is 27.1 Å². The lowest BCUT2D eigenvalue weighted by Crippen LogP contribution is -2.21. The number of hydrogen-bond acceptors (Lipinski definition) is 6. The molecule has 0 atom stereocenters. The van der Waals surface area contributed by atoms with Crippen molar-refractivity contribution in [3.8, 4) is 0 Å². The molecule has 8 N–H and O–H groups in total. The van der Waals surface area contributed by atoms with Gasteiger partial charge in [0, 0.05) is 18.8 Å². The molecular weight excluding hydrogens is 312 g/mol. The number of rotatable bonds is 7. The third-order valence-corrected chi connectivity index (χ3v) is 3.26. The Hall–Kier alpha value is -3.10. The van der Waals surface area contributed by atoms with E-state index in [0.29, 0.717) is 23.5 Å². The number of nitrogen functional groups attached to an aromatic ring is 1. The Morgan fingerprint density at radius 1 is 0.917 bits per heavy atom. The first-order valence-electron chi connectivity index (χ1n) is 7.08. The van der Waals surface area contributed by atoms with Gasteiger partial charge in [-0.25, -0.2) is 15.0 Å². The zero-order valence-corrected chi connectivity index (χ0v) is 12.7. The van der Waals surface area contributed by atoms with Crippen LogP contribution in [-0.4, -0.2) is 22.2 Å². The normalized spacial score (nSPS) is 10.4. The van der Waals surface area contributed by atoms with Crippen molar-refractivity contribution in [1.29, 1.82) is 0 Å². The molecule has 0 amide bonds. The molecule has 2 aromatic carbocycles. The Bertz CT molecular complexity index is 777. The van der Waals surface area contributed by atoms with E-state index in [1.54, 1.807) is 12.1 Å². The fraction of sp³-hybridized carbons (Fsp3) is 0.125. The van der Waals surface area contributed by atoms with Crippen molar-refractivity contribution >= 4 is 23.3 Å². The largest absolute Gasteiger partial charge is 0.478 e. The number of aromatic carboxylic acids is 2. The van der Waals surface area contributed by atoms with E-state index in [0.717, 1.165) is 5.56 Å². The van der Waals surface area contributed by atoms with Crippen LogP contribution in [0.4, 0.5) is 11.4 Å². The van der Waals surface area contributed by atoms with E-state index in [4.69, 9.17) is 21.7 Å². The number of hydrazine groups is 1. The van der Waals surface area contributed by atoms with Crippen LogP contribution in [0, 0.1) is 0 Å². The summed E-state index contributed by atoms with van der Waals surface area (Å²) in [7, 11) is 0. The van der Waals surface area contributed by atoms with Crippen LogP contribution in [-0.2, 0) is 13.1 Å². The van der Waals surface area contributed by atoms with E-state index in [2.05, 4.69) is 10.9 Å². The third-order valence-electron chi connectivity index (χ3n) is 3.26. The number of carboxylic acid groups (broad SMARTS) is 2. The molecular formula is C16H18N4O4. The standard InChI is InChI=1S/C16H18N4O4/c17-7-9-1-10(3-11(2-9)15(21)22)8-19-20-14-5-12(16(23)24)4-13(18)6-14/h1-6,19-20H,7-8,17-18H2,(H,21,22)(H,23,24). The quantitative estimate of drug-likeness (QED) is 0.328. The highest BCUT2D eigenvalue weighted by Gasteiger charge is 2.08. The van der Waals surface area contributed by atoms with E-state index < -0.39 is 11.9 Å². The van der Waals surface area contributed by atoms with E-state index in [1.807, 2.05) is 0 Å². The fourth-order valence-corrected chi connectivity index (χ4v) is 2.20. The summed E-state index contributed by atoms with van der Waals surface area (Å²) in [5, 5.41) is 18.1. The molecule has 8 heteroatoms. The molecule has 0 fully saturated rings. The molecule has 0 saturated carbocycles. The van der Waals surface area contributed by atoms with E-state index in [1.165, 1.54) is 24.3 Å². The first-order valence-corrected chi connectivity index (χ1v) is 7.08. The Labute approximate surface area is 138 Å². The first kappa shape index (κ1) is 17.3. The van der Waals surface area contributed by atoms with E-state index in [9.17, 15) is 9.59 Å². The average molecular weight is 330 g/mol. The lowest BCUT2D eigenvalue weighted by Gasteiger charge is -2.11. The summed E-state index contributed by atoms with van der Waals surface area (Å²) in [5.74, 6) is -2.10. The molecule has 0 aliphatic heterocycles. The molecule has 0 unspecified atom stereocenters. The maximum atomic E-state index is 11.1. The number of anilines is 2. The Morgan fingerprint density at radius 3 is 2.17 bits per heavy atom. The maximum Gasteiger partial charge on any atom is 0.335 e. The van der Waals surface area contributed by atoms with Gasteiger partial charge in [0.25, 0.3) is 0 Å². The molecule has 126 valence electrons. The molecule has 0 bridgehead atoms. The first-order chi connectivity index (χ1) is 11.4. The lowest BCUT2D eigenvalue weighted by atomic mass is 10.1. The molecule has 8 nitrogen and oxygen atoms in total. The lowest BCUT2D eigenvalue weighted by molar-refractivity contribution is 0.0686. The highest BCUT2D eigenvalue weighted by molar-refractivity contribution is 5.90. The predicted molar refractivity (Wildman–Crippen MR) is 89.6 cm³/mol. The van der Waals surface area contributed by atoms with Gasteiger partial charge in [-0.3, -0.25) is 0 Å². The van der Waals surface area contributed by atoms with Gasteiger partial charge in [0.2, 0.25) is 0 Å². The van der Waals surface area contributed by atoms with Crippen LogP contribution in [0.25, 0.3) is 0 Å². The monoisotopic (exact) mass is 330 g/mol. The van der Waals surface area contributed by atoms with Gasteiger partial charge in [0.05, 0.1) is 16.8 Å². The van der Waals surface area contributed by atoms with Crippen LogP contribution in [0.5, 0.6) is 0 Å². The van der Waals surface area contributed by atoms with Crippen molar-refractivity contribution < 1.29 is 19.8 Å². The minimum atomic E-state index is -1.08. The zero-order chi connectivity index (χ0) is 17.7. The van der Waals surface area contributed by atoms with Crippen LogP contribution in [0.15, 0.2) is 36.4 Å². The smallest absolute Gasteiger partial charge is 0.335 e. The van der Waals surface area contributed by atoms with Crippen LogP contribution in [0.2, 0.25) is 0 Å². The van der Waals surface area contributed by atoms with Gasteiger partial charge in [-0.15, -0.1) is 0 Å². The second-order valence-corrected chi connectivity index (χ2v) is 5.17. The Balaban J connectivity index is 2.08. The maximum absolute atomic E-state index is 11.1. The van der Waals surface area contributed by atoms with Crippen molar-refractivity contribution in [3.05, 3.63) is 58.7 Å². The van der Waals surface area contributed by atoms with Gasteiger partial charge in [0.15, 0.2) is 0 Å². The minimum absolute atomic E-state index is 0.0672. The molecule has 0 saturated heterocycles. The van der Waals surface area contributed by atoms with Gasteiger partial charge >= 0.3 is 11.9 Å². The van der Waals surface area contributed by atoms with Crippen LogP contribution in [0.3, 0.4) is 0 Å². The van der Waals surface area contributed by atoms with Crippen LogP contribution < -0.4 is 22.3 Å². The van der Waals surface area contributed by atoms with E-state index in [-0.39, 0.29) is 17.7 Å². The predicted octanol–water partition coefficient (Wildman–Crippen LogP) is 1.24.